The minimum absolute atomic E-state index is 0.153. The maximum atomic E-state index is 10.8. The molecule has 1 aliphatic heterocycles. The van der Waals surface area contributed by atoms with Crippen LogP contribution in [0.25, 0.3) is 0 Å². The van der Waals surface area contributed by atoms with Crippen LogP contribution in [0.5, 0.6) is 0 Å². The molecule has 0 N–H and O–H groups in total. The predicted molar refractivity (Wildman–Crippen MR) is 60.4 cm³/mol. The molecule has 0 saturated carbocycles. The lowest BCUT2D eigenvalue weighted by atomic mass is 10.0. The van der Waals surface area contributed by atoms with Gasteiger partial charge in [0, 0.05) is 0 Å². The minimum Gasteiger partial charge on any atom is -0.469 e. The van der Waals surface area contributed by atoms with Crippen LogP contribution in [0.15, 0.2) is 12.2 Å². The van der Waals surface area contributed by atoms with Crippen LogP contribution in [0.3, 0.4) is 0 Å². The number of ether oxygens (including phenoxy) is 1. The van der Waals surface area contributed by atoms with Gasteiger partial charge in [-0.05, 0) is 36.7 Å². The van der Waals surface area contributed by atoms with Gasteiger partial charge in [0.25, 0.3) is 0 Å². The number of esters is 1. The van der Waals surface area contributed by atoms with Crippen LogP contribution in [0.1, 0.15) is 25.7 Å². The maximum Gasteiger partial charge on any atom is 0.309 e. The summed E-state index contributed by atoms with van der Waals surface area (Å²) in [6.07, 6.45) is 8.26. The van der Waals surface area contributed by atoms with Crippen molar-refractivity contribution in [3.05, 3.63) is 12.2 Å². The zero-order valence-electron chi connectivity index (χ0n) is 8.70. The van der Waals surface area contributed by atoms with Crippen LogP contribution in [0.2, 0.25) is 0 Å². The number of thioether (sulfide) groups is 1. The Morgan fingerprint density at radius 1 is 1.57 bits per heavy atom. The molecular weight excluding hydrogens is 196 g/mol. The quantitative estimate of drug-likeness (QED) is 0.531. The zero-order chi connectivity index (χ0) is 10.2. The van der Waals surface area contributed by atoms with Gasteiger partial charge in [0.1, 0.15) is 0 Å². The summed E-state index contributed by atoms with van der Waals surface area (Å²) < 4.78 is 4.55. The molecule has 1 fully saturated rings. The van der Waals surface area contributed by atoms with E-state index in [4.69, 9.17) is 0 Å². The molecule has 1 heterocycles. The molecule has 3 heteroatoms. The first-order chi connectivity index (χ1) is 6.83. The third-order valence-corrected chi connectivity index (χ3v) is 3.69. The predicted octanol–water partition coefficient (Wildman–Crippen LogP) is 2.64. The Morgan fingerprint density at radius 3 is 3.07 bits per heavy atom. The average Bonchev–Trinajstić information content (AvgIpc) is 2.25. The number of carbonyl (C=O) groups is 1. The Balaban J connectivity index is 2.09. The van der Waals surface area contributed by atoms with E-state index in [1.165, 1.54) is 31.5 Å². The highest BCUT2D eigenvalue weighted by atomic mass is 32.2. The Morgan fingerprint density at radius 2 is 2.43 bits per heavy atom. The number of hydrogen-bond acceptors (Lipinski definition) is 3. The summed E-state index contributed by atoms with van der Waals surface area (Å²) in [6, 6.07) is 0. The van der Waals surface area contributed by atoms with E-state index in [0.717, 1.165) is 12.3 Å². The molecule has 0 amide bonds. The number of rotatable bonds is 4. The fourth-order valence-corrected chi connectivity index (χ4v) is 2.72. The van der Waals surface area contributed by atoms with Crippen LogP contribution in [0.4, 0.5) is 0 Å². The van der Waals surface area contributed by atoms with E-state index >= 15 is 0 Å². The lowest BCUT2D eigenvalue weighted by molar-refractivity contribution is -0.139. The van der Waals surface area contributed by atoms with E-state index < -0.39 is 0 Å². The van der Waals surface area contributed by atoms with Crippen molar-refractivity contribution in [3.8, 4) is 0 Å². The van der Waals surface area contributed by atoms with Crippen LogP contribution in [0, 0.1) is 5.92 Å². The first-order valence-corrected chi connectivity index (χ1v) is 6.28. The number of carbonyl (C=O) groups excluding carboxylic acids is 1. The van der Waals surface area contributed by atoms with Gasteiger partial charge in [-0.3, -0.25) is 4.79 Å². The van der Waals surface area contributed by atoms with Crippen LogP contribution < -0.4 is 0 Å². The van der Waals surface area contributed by atoms with Crippen molar-refractivity contribution in [1.29, 1.82) is 0 Å². The fourth-order valence-electron chi connectivity index (χ4n) is 1.54. The van der Waals surface area contributed by atoms with Gasteiger partial charge in [-0.1, -0.05) is 12.2 Å². The third-order valence-electron chi connectivity index (χ3n) is 2.40. The molecule has 1 atom stereocenters. The summed E-state index contributed by atoms with van der Waals surface area (Å²) >= 11 is 2.05. The fraction of sp³-hybridized carbons (Fsp3) is 0.727. The molecule has 1 saturated heterocycles. The Kier molecular flexibility index (Phi) is 5.76. The van der Waals surface area contributed by atoms with Crippen molar-refractivity contribution < 1.29 is 9.53 Å². The van der Waals surface area contributed by atoms with Crippen molar-refractivity contribution in [2.45, 2.75) is 25.7 Å². The Labute approximate surface area is 90.1 Å². The SMILES string of the molecule is COC(=O)C/C=C\CC1CCCSC1. The monoisotopic (exact) mass is 214 g/mol. The van der Waals surface area contributed by atoms with Crippen LogP contribution >= 0.6 is 11.8 Å². The van der Waals surface area contributed by atoms with Gasteiger partial charge in [-0.2, -0.15) is 11.8 Å². The van der Waals surface area contributed by atoms with Crippen LogP contribution in [-0.2, 0) is 9.53 Å². The van der Waals surface area contributed by atoms with E-state index in [9.17, 15) is 4.79 Å². The molecule has 0 aromatic carbocycles. The van der Waals surface area contributed by atoms with Crippen molar-refractivity contribution >= 4 is 17.7 Å². The molecule has 0 spiro atoms. The van der Waals surface area contributed by atoms with Gasteiger partial charge in [0.05, 0.1) is 13.5 Å². The van der Waals surface area contributed by atoms with Crippen LogP contribution in [-0.4, -0.2) is 24.6 Å². The molecule has 0 aromatic heterocycles. The minimum atomic E-state index is -0.153. The van der Waals surface area contributed by atoms with Crippen molar-refractivity contribution in [1.82, 2.24) is 0 Å². The van der Waals surface area contributed by atoms with Gasteiger partial charge >= 0.3 is 5.97 Å². The lowest BCUT2D eigenvalue weighted by Crippen LogP contribution is -2.09. The van der Waals surface area contributed by atoms with Gasteiger partial charge in [-0.15, -0.1) is 0 Å². The summed E-state index contributed by atoms with van der Waals surface area (Å²) in [7, 11) is 1.42. The number of methoxy groups -OCH3 is 1. The molecular formula is C11H18O2S. The van der Waals surface area contributed by atoms with E-state index in [0.29, 0.717) is 6.42 Å². The van der Waals surface area contributed by atoms with E-state index in [-0.39, 0.29) is 5.97 Å². The van der Waals surface area contributed by atoms with E-state index in [1.807, 2.05) is 17.8 Å². The molecule has 0 radical (unpaired) electrons. The van der Waals surface area contributed by atoms with Gasteiger partial charge in [0.2, 0.25) is 0 Å². The highest BCUT2D eigenvalue weighted by Crippen LogP contribution is 2.25. The van der Waals surface area contributed by atoms with Gasteiger partial charge in [0.15, 0.2) is 0 Å². The summed E-state index contributed by atoms with van der Waals surface area (Å²) in [5, 5.41) is 0. The second kappa shape index (κ2) is 6.93. The molecule has 14 heavy (non-hydrogen) atoms. The summed E-state index contributed by atoms with van der Waals surface area (Å²) in [5.41, 5.74) is 0. The normalized spacial score (nSPS) is 22.5. The molecule has 0 aromatic rings. The highest BCUT2D eigenvalue weighted by Gasteiger charge is 2.11. The Hall–Kier alpha value is -0.440. The standard InChI is InChI=1S/C11H18O2S/c1-13-11(12)7-3-2-5-10-6-4-8-14-9-10/h2-3,10H,4-9H2,1H3/b3-2-. The molecule has 2 nitrogen and oxygen atoms in total. The third kappa shape index (κ3) is 4.70. The lowest BCUT2D eigenvalue weighted by Gasteiger charge is -2.19. The molecule has 0 aliphatic carbocycles. The van der Waals surface area contributed by atoms with Crippen molar-refractivity contribution in [2.75, 3.05) is 18.6 Å². The highest BCUT2D eigenvalue weighted by molar-refractivity contribution is 7.99. The molecule has 1 aliphatic rings. The topological polar surface area (TPSA) is 26.3 Å². The van der Waals surface area contributed by atoms with Crippen molar-refractivity contribution in [2.24, 2.45) is 5.92 Å². The summed E-state index contributed by atoms with van der Waals surface area (Å²) in [4.78, 5) is 10.8. The summed E-state index contributed by atoms with van der Waals surface area (Å²) in [5.74, 6) is 3.27. The first-order valence-electron chi connectivity index (χ1n) is 5.12. The van der Waals surface area contributed by atoms with Gasteiger partial charge < -0.3 is 4.74 Å². The summed E-state index contributed by atoms with van der Waals surface area (Å²) in [6.45, 7) is 0. The number of hydrogen-bond donors (Lipinski definition) is 0. The number of allylic oxidation sites excluding steroid dienone is 1. The smallest absolute Gasteiger partial charge is 0.309 e. The molecule has 80 valence electrons. The maximum absolute atomic E-state index is 10.8. The van der Waals surface area contributed by atoms with Gasteiger partial charge in [-0.25, -0.2) is 0 Å². The second-order valence-corrected chi connectivity index (χ2v) is 4.72. The Bertz CT molecular complexity index is 195. The van der Waals surface area contributed by atoms with E-state index in [2.05, 4.69) is 10.8 Å². The zero-order valence-corrected chi connectivity index (χ0v) is 9.52. The molecule has 0 bridgehead atoms. The first kappa shape index (κ1) is 11.6. The average molecular weight is 214 g/mol. The molecule has 1 unspecified atom stereocenters. The van der Waals surface area contributed by atoms with E-state index in [1.54, 1.807) is 0 Å². The second-order valence-electron chi connectivity index (χ2n) is 3.57. The molecule has 1 rings (SSSR count). The largest absolute Gasteiger partial charge is 0.469 e. The van der Waals surface area contributed by atoms with Crippen molar-refractivity contribution in [3.63, 3.8) is 0 Å².